The molecule has 2 N–H and O–H groups in total. The Morgan fingerprint density at radius 2 is 1.91 bits per heavy atom. The van der Waals surface area contributed by atoms with Gasteiger partial charge in [-0.25, -0.2) is 4.68 Å². The Labute approximate surface area is 134 Å². The number of esters is 1. The first-order chi connectivity index (χ1) is 10.3. The van der Waals surface area contributed by atoms with Crippen molar-refractivity contribution in [1.29, 1.82) is 0 Å². The highest BCUT2D eigenvalue weighted by Crippen LogP contribution is 2.22. The minimum Gasteiger partial charge on any atom is -0.459 e. The van der Waals surface area contributed by atoms with E-state index in [1.165, 1.54) is 16.4 Å². The average molecular weight is 320 g/mol. The second kappa shape index (κ2) is 6.39. The summed E-state index contributed by atoms with van der Waals surface area (Å²) in [5, 5.41) is 8.58. The van der Waals surface area contributed by atoms with Crippen molar-refractivity contribution in [1.82, 2.24) is 14.9 Å². The van der Waals surface area contributed by atoms with Crippen LogP contribution in [0.25, 0.3) is 11.4 Å². The third-order valence-electron chi connectivity index (χ3n) is 2.71. The van der Waals surface area contributed by atoms with E-state index in [1.807, 2.05) is 52.0 Å². The van der Waals surface area contributed by atoms with Crippen molar-refractivity contribution < 1.29 is 9.53 Å². The molecule has 0 aliphatic rings. The zero-order chi connectivity index (χ0) is 16.3. The Bertz CT molecular complexity index is 659. The van der Waals surface area contributed by atoms with Crippen LogP contribution in [0.15, 0.2) is 29.4 Å². The van der Waals surface area contributed by atoms with Gasteiger partial charge in [-0.3, -0.25) is 4.79 Å². The maximum absolute atomic E-state index is 11.7. The number of nitrogen functional groups attached to an aromatic ring is 1. The molecule has 0 aliphatic heterocycles. The fourth-order valence-corrected chi connectivity index (χ4v) is 2.40. The number of nitrogens with two attached hydrogens (primary N) is 1. The Morgan fingerprint density at radius 1 is 1.27 bits per heavy atom. The fraction of sp³-hybridized carbons (Fsp3) is 0.400. The zero-order valence-electron chi connectivity index (χ0n) is 13.2. The third kappa shape index (κ3) is 4.24. The zero-order valence-corrected chi connectivity index (χ0v) is 14.0. The summed E-state index contributed by atoms with van der Waals surface area (Å²) < 4.78 is 6.63. The van der Waals surface area contributed by atoms with Gasteiger partial charge in [0.15, 0.2) is 5.82 Å². The van der Waals surface area contributed by atoms with Gasteiger partial charge >= 0.3 is 5.97 Å². The predicted molar refractivity (Wildman–Crippen MR) is 86.9 cm³/mol. The Balaban J connectivity index is 2.05. The van der Waals surface area contributed by atoms with Crippen LogP contribution >= 0.6 is 11.8 Å². The van der Waals surface area contributed by atoms with Crippen molar-refractivity contribution in [3.63, 3.8) is 0 Å². The number of hydrogen-bond donors (Lipinski definition) is 1. The highest BCUT2D eigenvalue weighted by molar-refractivity contribution is 7.99. The molecule has 0 atom stereocenters. The van der Waals surface area contributed by atoms with Crippen LogP contribution < -0.4 is 5.84 Å². The number of aromatic nitrogens is 3. The first-order valence-corrected chi connectivity index (χ1v) is 7.87. The van der Waals surface area contributed by atoms with Gasteiger partial charge in [-0.15, -0.1) is 10.2 Å². The van der Waals surface area contributed by atoms with Crippen molar-refractivity contribution in [3.8, 4) is 11.4 Å². The number of benzene rings is 1. The molecular formula is C15H20N4O2S. The van der Waals surface area contributed by atoms with Crippen LogP contribution in [-0.2, 0) is 9.53 Å². The molecule has 0 saturated heterocycles. The summed E-state index contributed by atoms with van der Waals surface area (Å²) in [7, 11) is 0. The van der Waals surface area contributed by atoms with Crippen molar-refractivity contribution in [3.05, 3.63) is 29.8 Å². The molecule has 0 radical (unpaired) electrons. The second-order valence-corrected chi connectivity index (χ2v) is 6.86. The molecule has 7 heteroatoms. The van der Waals surface area contributed by atoms with E-state index in [0.29, 0.717) is 11.0 Å². The number of hydrogen-bond acceptors (Lipinski definition) is 6. The minimum atomic E-state index is -0.499. The molecule has 6 nitrogen and oxygen atoms in total. The molecule has 0 fully saturated rings. The topological polar surface area (TPSA) is 83.0 Å². The van der Waals surface area contributed by atoms with Crippen molar-refractivity contribution in [2.45, 2.75) is 38.5 Å². The number of carbonyl (C=O) groups excluding carboxylic acids is 1. The molecule has 1 aromatic heterocycles. The second-order valence-electron chi connectivity index (χ2n) is 5.92. The lowest BCUT2D eigenvalue weighted by Crippen LogP contribution is -2.25. The summed E-state index contributed by atoms with van der Waals surface area (Å²) in [5.41, 5.74) is 1.54. The molecule has 0 spiro atoms. The van der Waals surface area contributed by atoms with Gasteiger partial charge in [-0.1, -0.05) is 41.6 Å². The maximum Gasteiger partial charge on any atom is 0.316 e. The van der Waals surface area contributed by atoms with Gasteiger partial charge in [0, 0.05) is 5.56 Å². The van der Waals surface area contributed by atoms with Crippen molar-refractivity contribution in [2.24, 2.45) is 0 Å². The Morgan fingerprint density at radius 3 is 2.50 bits per heavy atom. The standard InChI is InChI=1S/C15H20N4O2S/c1-10-5-7-11(8-6-10)13-17-18-14(19(13)16)22-9-12(20)21-15(2,3)4/h5-8H,9,16H2,1-4H3. The molecule has 2 rings (SSSR count). The van der Waals surface area contributed by atoms with E-state index >= 15 is 0 Å². The molecule has 22 heavy (non-hydrogen) atoms. The lowest BCUT2D eigenvalue weighted by atomic mass is 10.1. The van der Waals surface area contributed by atoms with Gasteiger partial charge in [0.25, 0.3) is 0 Å². The van der Waals surface area contributed by atoms with Gasteiger partial charge in [-0.2, -0.15) is 0 Å². The van der Waals surface area contributed by atoms with Gasteiger partial charge in [0.2, 0.25) is 5.16 Å². The van der Waals surface area contributed by atoms with Crippen LogP contribution in [0, 0.1) is 6.92 Å². The van der Waals surface area contributed by atoms with E-state index in [2.05, 4.69) is 10.2 Å². The maximum atomic E-state index is 11.7. The number of aryl methyl sites for hydroxylation is 1. The highest BCUT2D eigenvalue weighted by Gasteiger charge is 2.18. The van der Waals surface area contributed by atoms with Crippen LogP contribution in [0.2, 0.25) is 0 Å². The minimum absolute atomic E-state index is 0.139. The third-order valence-corrected chi connectivity index (χ3v) is 3.63. The number of nitrogens with zero attached hydrogens (tertiary/aromatic N) is 3. The van der Waals surface area contributed by atoms with Crippen LogP contribution in [0.3, 0.4) is 0 Å². The van der Waals surface area contributed by atoms with Gasteiger partial charge < -0.3 is 10.6 Å². The molecule has 0 saturated carbocycles. The lowest BCUT2D eigenvalue weighted by Gasteiger charge is -2.19. The van der Waals surface area contributed by atoms with E-state index in [-0.39, 0.29) is 11.7 Å². The smallest absolute Gasteiger partial charge is 0.316 e. The number of carbonyl (C=O) groups is 1. The summed E-state index contributed by atoms with van der Waals surface area (Å²) in [6.45, 7) is 7.50. The van der Waals surface area contributed by atoms with E-state index in [4.69, 9.17) is 10.6 Å². The van der Waals surface area contributed by atoms with Crippen LogP contribution in [0.5, 0.6) is 0 Å². The van der Waals surface area contributed by atoms with E-state index in [1.54, 1.807) is 0 Å². The Hall–Kier alpha value is -2.02. The first-order valence-electron chi connectivity index (χ1n) is 6.88. The van der Waals surface area contributed by atoms with Crippen LogP contribution in [0.4, 0.5) is 0 Å². The van der Waals surface area contributed by atoms with Gasteiger partial charge in [0.1, 0.15) is 5.60 Å². The van der Waals surface area contributed by atoms with Crippen LogP contribution in [-0.4, -0.2) is 32.2 Å². The monoisotopic (exact) mass is 320 g/mol. The van der Waals surface area contributed by atoms with E-state index in [9.17, 15) is 4.79 Å². The van der Waals surface area contributed by atoms with Gasteiger partial charge in [-0.05, 0) is 27.7 Å². The average Bonchev–Trinajstić information content (AvgIpc) is 2.77. The molecule has 0 bridgehead atoms. The SMILES string of the molecule is Cc1ccc(-c2nnc(SCC(=O)OC(C)(C)C)n2N)cc1. The quantitative estimate of drug-likeness (QED) is 0.529. The fourth-order valence-electron chi connectivity index (χ4n) is 1.77. The Kier molecular flexibility index (Phi) is 4.75. The van der Waals surface area contributed by atoms with Gasteiger partial charge in [0.05, 0.1) is 5.75 Å². The molecule has 1 aromatic carbocycles. The molecule has 0 amide bonds. The van der Waals surface area contributed by atoms with Crippen molar-refractivity contribution >= 4 is 17.7 Å². The van der Waals surface area contributed by atoms with E-state index < -0.39 is 5.60 Å². The molecule has 0 aliphatic carbocycles. The van der Waals surface area contributed by atoms with Crippen LogP contribution in [0.1, 0.15) is 26.3 Å². The van der Waals surface area contributed by atoms with Crippen molar-refractivity contribution in [2.75, 3.05) is 11.6 Å². The summed E-state index contributed by atoms with van der Waals surface area (Å²) in [6.07, 6.45) is 0. The highest BCUT2D eigenvalue weighted by atomic mass is 32.2. The number of thioether (sulfide) groups is 1. The summed E-state index contributed by atoms with van der Waals surface area (Å²) in [6, 6.07) is 7.84. The summed E-state index contributed by atoms with van der Waals surface area (Å²) >= 11 is 1.20. The normalized spacial score (nSPS) is 11.5. The first kappa shape index (κ1) is 16.4. The number of rotatable bonds is 4. The molecule has 2 aromatic rings. The molecule has 0 unspecified atom stereocenters. The summed E-state index contributed by atoms with van der Waals surface area (Å²) in [5.74, 6) is 6.40. The molecule has 118 valence electrons. The molecule has 1 heterocycles. The molecular weight excluding hydrogens is 300 g/mol. The number of ether oxygens (including phenoxy) is 1. The summed E-state index contributed by atoms with van der Waals surface area (Å²) in [4.78, 5) is 11.7. The van der Waals surface area contributed by atoms with E-state index in [0.717, 1.165) is 11.1 Å². The predicted octanol–water partition coefficient (Wildman–Crippen LogP) is 2.40. The lowest BCUT2D eigenvalue weighted by molar-refractivity contribution is -0.151. The largest absolute Gasteiger partial charge is 0.459 e.